The first-order valence-electron chi connectivity index (χ1n) is 26.1. The summed E-state index contributed by atoms with van der Waals surface area (Å²) < 4.78 is 4.94. The van der Waals surface area contributed by atoms with Crippen LogP contribution in [0.25, 0.3) is 87.5 Å². The molecule has 0 aliphatic rings. The lowest BCUT2D eigenvalue weighted by atomic mass is 9.84. The van der Waals surface area contributed by atoms with Crippen molar-refractivity contribution in [2.45, 2.75) is 78.6 Å². The van der Waals surface area contributed by atoms with E-state index in [1.165, 1.54) is 49.0 Å². The van der Waals surface area contributed by atoms with Gasteiger partial charge in [0.2, 0.25) is 0 Å². The Kier molecular flexibility index (Phi) is 9.28. The summed E-state index contributed by atoms with van der Waals surface area (Å²) in [6.07, 6.45) is 0. The SMILES string of the molecule is CC(C)(C)c1cc(N(c2ccccc2)c2ccccc2)c2c(c1)c1cc(C(C)(C)C)cc3c4nc5c(nc4n2c13)c1c2ccccc2cc2c3cc(C(C)(C)C)cc(N(c4ccccc4)c4ccccc4)c3n5c21. The smallest absolute Gasteiger partial charge is 0.165 e. The predicted molar refractivity (Wildman–Crippen MR) is 314 cm³/mol. The fraction of sp³-hybridized carbons (Fsp3) is 0.176. The van der Waals surface area contributed by atoms with E-state index >= 15 is 0 Å². The van der Waals surface area contributed by atoms with Gasteiger partial charge in [-0.15, -0.1) is 0 Å². The van der Waals surface area contributed by atoms with Crippen molar-refractivity contribution in [1.29, 1.82) is 0 Å². The molecular weight excluding hydrogens is 901 g/mol. The Morgan fingerprint density at radius 2 is 0.676 bits per heavy atom. The third-order valence-corrected chi connectivity index (χ3v) is 15.7. The number of rotatable bonds is 6. The monoisotopic (exact) mass is 958 g/mol. The zero-order chi connectivity index (χ0) is 50.6. The molecule has 9 aromatic carbocycles. The zero-order valence-electron chi connectivity index (χ0n) is 43.6. The van der Waals surface area contributed by atoms with E-state index in [4.69, 9.17) is 9.97 Å². The Morgan fingerprint density at radius 1 is 0.324 bits per heavy atom. The van der Waals surface area contributed by atoms with Gasteiger partial charge in [-0.3, -0.25) is 8.80 Å². The highest BCUT2D eigenvalue weighted by Gasteiger charge is 2.33. The second kappa shape index (κ2) is 15.5. The van der Waals surface area contributed by atoms with Crippen LogP contribution in [0.1, 0.15) is 79.0 Å². The number of para-hydroxylation sites is 4. The minimum Gasteiger partial charge on any atom is -0.308 e. The molecule has 6 nitrogen and oxygen atoms in total. The highest BCUT2D eigenvalue weighted by Crippen LogP contribution is 2.52. The molecule has 360 valence electrons. The Hall–Kier alpha value is -8.48. The summed E-state index contributed by atoms with van der Waals surface area (Å²) in [4.78, 5) is 17.0. The summed E-state index contributed by atoms with van der Waals surface area (Å²) in [5, 5.41) is 9.42. The first kappa shape index (κ1) is 44.2. The average molecular weight is 959 g/mol. The van der Waals surface area contributed by atoms with E-state index in [-0.39, 0.29) is 16.2 Å². The van der Waals surface area contributed by atoms with Crippen LogP contribution in [0, 0.1) is 0 Å². The van der Waals surface area contributed by atoms with Crippen molar-refractivity contribution < 1.29 is 0 Å². The summed E-state index contributed by atoms with van der Waals surface area (Å²) in [7, 11) is 0. The molecule has 0 fully saturated rings. The van der Waals surface area contributed by atoms with Crippen molar-refractivity contribution in [3.63, 3.8) is 0 Å². The Bertz CT molecular complexity index is 4430. The fourth-order valence-electron chi connectivity index (χ4n) is 11.9. The lowest BCUT2D eigenvalue weighted by Gasteiger charge is -2.29. The normalized spacial score (nSPS) is 12.9. The second-order valence-corrected chi connectivity index (χ2v) is 23.6. The first-order valence-corrected chi connectivity index (χ1v) is 26.1. The maximum Gasteiger partial charge on any atom is 0.165 e. The highest BCUT2D eigenvalue weighted by molar-refractivity contribution is 6.33. The number of hydrogen-bond donors (Lipinski definition) is 0. The molecule has 0 unspecified atom stereocenters. The molecule has 0 aliphatic heterocycles. The summed E-state index contributed by atoms with van der Waals surface area (Å²) in [5.74, 6) is 0. The van der Waals surface area contributed by atoms with Crippen molar-refractivity contribution in [2.24, 2.45) is 0 Å². The van der Waals surface area contributed by atoms with Gasteiger partial charge in [0, 0.05) is 55.1 Å². The molecule has 74 heavy (non-hydrogen) atoms. The first-order chi connectivity index (χ1) is 35.6. The second-order valence-electron chi connectivity index (χ2n) is 23.6. The van der Waals surface area contributed by atoms with Crippen molar-refractivity contribution in [1.82, 2.24) is 18.8 Å². The number of aromatic nitrogens is 4. The minimum atomic E-state index is -0.146. The zero-order valence-corrected chi connectivity index (χ0v) is 43.6. The Labute approximate surface area is 431 Å². The van der Waals surface area contributed by atoms with E-state index < -0.39 is 0 Å². The van der Waals surface area contributed by atoms with Crippen LogP contribution in [0.3, 0.4) is 0 Å². The van der Waals surface area contributed by atoms with E-state index in [9.17, 15) is 0 Å². The maximum absolute atomic E-state index is 6.07. The number of benzene rings is 9. The Morgan fingerprint density at radius 3 is 1.14 bits per heavy atom. The molecule has 0 bridgehead atoms. The minimum absolute atomic E-state index is 0.136. The third-order valence-electron chi connectivity index (χ3n) is 15.7. The van der Waals surface area contributed by atoms with Gasteiger partial charge < -0.3 is 9.80 Å². The van der Waals surface area contributed by atoms with Crippen LogP contribution in [-0.2, 0) is 16.2 Å². The van der Waals surface area contributed by atoms with Crippen LogP contribution in [-0.4, -0.2) is 18.8 Å². The van der Waals surface area contributed by atoms with Gasteiger partial charge in [0.05, 0.1) is 33.4 Å². The molecule has 5 aromatic heterocycles. The molecule has 0 radical (unpaired) electrons. The van der Waals surface area contributed by atoms with Gasteiger partial charge >= 0.3 is 0 Å². The molecule has 0 N–H and O–H groups in total. The van der Waals surface area contributed by atoms with Crippen molar-refractivity contribution in [3.05, 3.63) is 205 Å². The lowest BCUT2D eigenvalue weighted by molar-refractivity contribution is 0.591. The van der Waals surface area contributed by atoms with Crippen molar-refractivity contribution in [2.75, 3.05) is 9.80 Å². The molecule has 14 aromatic rings. The quantitative estimate of drug-likeness (QED) is 0.167. The van der Waals surface area contributed by atoms with Gasteiger partial charge in [-0.25, -0.2) is 9.97 Å². The molecule has 0 spiro atoms. The molecule has 6 heteroatoms. The largest absolute Gasteiger partial charge is 0.308 e. The van der Waals surface area contributed by atoms with E-state index in [0.717, 1.165) is 89.3 Å². The van der Waals surface area contributed by atoms with Crippen LogP contribution in [0.4, 0.5) is 34.1 Å². The van der Waals surface area contributed by atoms with Gasteiger partial charge in [-0.1, -0.05) is 159 Å². The molecule has 0 aliphatic carbocycles. The van der Waals surface area contributed by atoms with Gasteiger partial charge in [0.25, 0.3) is 0 Å². The number of hydrogen-bond acceptors (Lipinski definition) is 4. The van der Waals surface area contributed by atoms with Gasteiger partial charge in [-0.2, -0.15) is 0 Å². The number of fused-ring (bicyclic) bond motifs is 14. The van der Waals surface area contributed by atoms with E-state index in [2.05, 4.69) is 269 Å². The fourth-order valence-corrected chi connectivity index (χ4v) is 11.9. The van der Waals surface area contributed by atoms with E-state index in [1.807, 2.05) is 0 Å². The van der Waals surface area contributed by atoms with E-state index in [0.29, 0.717) is 0 Å². The summed E-state index contributed by atoms with van der Waals surface area (Å²) >= 11 is 0. The van der Waals surface area contributed by atoms with Crippen LogP contribution in [0.5, 0.6) is 0 Å². The van der Waals surface area contributed by atoms with Crippen LogP contribution in [0.15, 0.2) is 188 Å². The van der Waals surface area contributed by atoms with Gasteiger partial charge in [-0.05, 0) is 135 Å². The molecule has 5 heterocycles. The maximum atomic E-state index is 6.07. The van der Waals surface area contributed by atoms with Crippen molar-refractivity contribution >= 4 is 122 Å². The molecule has 0 saturated heterocycles. The standard InChI is InChI=1S/C68H58N6/c1-66(2,3)42-35-51-53-37-44(68(7,8)9)39-55(71(45-25-14-10-15-26-45)46-27-16-11-17-28-46)61(53)73-60(51)54(38-42)58-64(73)70-59-57-49-33-23-22-24-41(49)34-50-52-36-43(67(4,5)6)40-56(62(52)74(63(50)57)65(59)69-58)72(47-29-18-12-19-30-47)48-31-20-13-21-32-48/h10-40H,1-9H3. The molecular formula is C68H58N6. The van der Waals surface area contributed by atoms with Crippen molar-refractivity contribution in [3.8, 4) is 0 Å². The van der Waals surface area contributed by atoms with Gasteiger partial charge in [0.15, 0.2) is 11.3 Å². The van der Waals surface area contributed by atoms with Crippen LogP contribution >= 0.6 is 0 Å². The molecule has 0 saturated carbocycles. The average Bonchev–Trinajstić information content (AvgIpc) is 4.13. The summed E-state index contributed by atoms with van der Waals surface area (Å²) in [6, 6.07) is 69.2. The van der Waals surface area contributed by atoms with Gasteiger partial charge in [0.1, 0.15) is 11.0 Å². The predicted octanol–water partition coefficient (Wildman–Crippen LogP) is 18.8. The number of nitrogens with zero attached hydrogens (tertiary/aromatic N) is 6. The lowest BCUT2D eigenvalue weighted by Crippen LogP contribution is -2.15. The molecule has 14 rings (SSSR count). The molecule has 0 amide bonds. The van der Waals surface area contributed by atoms with Crippen LogP contribution in [0.2, 0.25) is 0 Å². The van der Waals surface area contributed by atoms with Crippen LogP contribution < -0.4 is 9.80 Å². The Balaban J connectivity index is 1.21. The highest BCUT2D eigenvalue weighted by atomic mass is 15.2. The topological polar surface area (TPSA) is 41.1 Å². The summed E-state index contributed by atoms with van der Waals surface area (Å²) in [5.41, 5.74) is 18.0. The number of anilines is 6. The third kappa shape index (κ3) is 6.43. The summed E-state index contributed by atoms with van der Waals surface area (Å²) in [6.45, 7) is 20.9. The van der Waals surface area contributed by atoms with E-state index in [1.54, 1.807) is 0 Å². The molecule has 0 atom stereocenters.